The van der Waals surface area contributed by atoms with E-state index in [4.69, 9.17) is 0 Å². The molecule has 0 aromatic heterocycles. The third-order valence-electron chi connectivity index (χ3n) is 4.01. The van der Waals surface area contributed by atoms with E-state index >= 15 is 0 Å². The van der Waals surface area contributed by atoms with Crippen LogP contribution in [0.3, 0.4) is 0 Å². The molecular weight excluding hydrogens is 278 g/mol. The van der Waals surface area contributed by atoms with Crippen molar-refractivity contribution in [2.24, 2.45) is 5.92 Å². The standard InChI is InChI=1S/C14H25N3O2.ClH/c1-11(2)13(18)16-7-9-17(10-8-16)14(19)12-5-3-4-6-15-12;/h11-12,15H,3-10H2,1-2H3;1H/t12-;/m0./s1. The maximum absolute atomic E-state index is 12.3. The van der Waals surface area contributed by atoms with Crippen LogP contribution in [0.4, 0.5) is 0 Å². The minimum atomic E-state index is 0. The summed E-state index contributed by atoms with van der Waals surface area (Å²) < 4.78 is 0. The second-order valence-corrected chi connectivity index (χ2v) is 5.81. The summed E-state index contributed by atoms with van der Waals surface area (Å²) in [5.41, 5.74) is 0. The fraction of sp³-hybridized carbons (Fsp3) is 0.857. The maximum Gasteiger partial charge on any atom is 0.239 e. The van der Waals surface area contributed by atoms with E-state index in [1.807, 2.05) is 23.6 Å². The van der Waals surface area contributed by atoms with Gasteiger partial charge in [0.15, 0.2) is 0 Å². The molecule has 6 heteroatoms. The predicted octanol–water partition coefficient (Wildman–Crippen LogP) is 0.877. The van der Waals surface area contributed by atoms with Gasteiger partial charge in [0.2, 0.25) is 11.8 Å². The molecule has 1 atom stereocenters. The highest BCUT2D eigenvalue weighted by molar-refractivity contribution is 5.85. The molecule has 2 aliphatic rings. The minimum Gasteiger partial charge on any atom is -0.339 e. The van der Waals surface area contributed by atoms with E-state index in [0.29, 0.717) is 26.2 Å². The first-order valence-electron chi connectivity index (χ1n) is 7.40. The van der Waals surface area contributed by atoms with Crippen LogP contribution >= 0.6 is 12.4 Å². The third kappa shape index (κ3) is 4.09. The van der Waals surface area contributed by atoms with Gasteiger partial charge >= 0.3 is 0 Å². The lowest BCUT2D eigenvalue weighted by Crippen LogP contribution is -2.56. The zero-order valence-corrected chi connectivity index (χ0v) is 13.2. The Kier molecular flexibility index (Phi) is 6.76. The van der Waals surface area contributed by atoms with Gasteiger partial charge < -0.3 is 15.1 Å². The lowest BCUT2D eigenvalue weighted by Gasteiger charge is -2.37. The van der Waals surface area contributed by atoms with Crippen LogP contribution in [-0.2, 0) is 9.59 Å². The van der Waals surface area contributed by atoms with Crippen LogP contribution in [0.2, 0.25) is 0 Å². The third-order valence-corrected chi connectivity index (χ3v) is 4.01. The van der Waals surface area contributed by atoms with Crippen molar-refractivity contribution in [3.8, 4) is 0 Å². The molecule has 2 amide bonds. The molecule has 0 aliphatic carbocycles. The molecule has 0 bridgehead atoms. The van der Waals surface area contributed by atoms with Crippen LogP contribution in [0.1, 0.15) is 33.1 Å². The molecule has 0 saturated carbocycles. The monoisotopic (exact) mass is 303 g/mol. The van der Waals surface area contributed by atoms with E-state index in [-0.39, 0.29) is 36.2 Å². The van der Waals surface area contributed by atoms with Gasteiger partial charge in [-0.2, -0.15) is 0 Å². The number of carbonyl (C=O) groups excluding carboxylic acids is 2. The fourth-order valence-corrected chi connectivity index (χ4v) is 2.80. The zero-order chi connectivity index (χ0) is 13.8. The van der Waals surface area contributed by atoms with Gasteiger partial charge in [-0.1, -0.05) is 20.3 Å². The van der Waals surface area contributed by atoms with Gasteiger partial charge in [-0.05, 0) is 19.4 Å². The first kappa shape index (κ1) is 17.2. The number of piperazine rings is 1. The molecule has 2 heterocycles. The topological polar surface area (TPSA) is 52.7 Å². The maximum atomic E-state index is 12.3. The normalized spacial score (nSPS) is 23.4. The zero-order valence-electron chi connectivity index (χ0n) is 12.4. The molecule has 0 radical (unpaired) electrons. The first-order valence-corrected chi connectivity index (χ1v) is 7.40. The number of carbonyl (C=O) groups is 2. The Morgan fingerprint density at radius 2 is 1.65 bits per heavy atom. The predicted molar refractivity (Wildman–Crippen MR) is 80.9 cm³/mol. The number of halogens is 1. The highest BCUT2D eigenvalue weighted by atomic mass is 35.5. The number of piperidine rings is 1. The van der Waals surface area contributed by atoms with Gasteiger partial charge in [0.1, 0.15) is 0 Å². The summed E-state index contributed by atoms with van der Waals surface area (Å²) in [5, 5.41) is 3.30. The SMILES string of the molecule is CC(C)C(=O)N1CCN(C(=O)[C@@H]2CCCCN2)CC1.Cl. The van der Waals surface area contributed by atoms with Crippen LogP contribution in [0.5, 0.6) is 0 Å². The number of rotatable bonds is 2. The Labute approximate surface area is 127 Å². The van der Waals surface area contributed by atoms with Crippen molar-refractivity contribution < 1.29 is 9.59 Å². The lowest BCUT2D eigenvalue weighted by molar-refractivity contribution is -0.142. The molecule has 0 unspecified atom stereocenters. The molecule has 2 saturated heterocycles. The van der Waals surface area contributed by atoms with Gasteiger partial charge in [0, 0.05) is 32.1 Å². The van der Waals surface area contributed by atoms with E-state index in [1.165, 1.54) is 6.42 Å². The number of nitrogens with zero attached hydrogens (tertiary/aromatic N) is 2. The van der Waals surface area contributed by atoms with E-state index in [2.05, 4.69) is 5.32 Å². The Balaban J connectivity index is 0.00000200. The molecule has 0 spiro atoms. The molecular formula is C14H26ClN3O2. The highest BCUT2D eigenvalue weighted by Gasteiger charge is 2.29. The summed E-state index contributed by atoms with van der Waals surface area (Å²) in [7, 11) is 0. The second-order valence-electron chi connectivity index (χ2n) is 5.81. The molecule has 0 aromatic carbocycles. The molecule has 2 rings (SSSR count). The van der Waals surface area contributed by atoms with E-state index in [0.717, 1.165) is 19.4 Å². The molecule has 5 nitrogen and oxygen atoms in total. The van der Waals surface area contributed by atoms with Gasteiger partial charge in [-0.3, -0.25) is 9.59 Å². The van der Waals surface area contributed by atoms with Crippen molar-refractivity contribution in [1.29, 1.82) is 0 Å². The largest absolute Gasteiger partial charge is 0.339 e. The first-order chi connectivity index (χ1) is 9.09. The Morgan fingerprint density at radius 3 is 2.15 bits per heavy atom. The molecule has 0 aromatic rings. The van der Waals surface area contributed by atoms with Crippen molar-refractivity contribution in [2.75, 3.05) is 32.7 Å². The van der Waals surface area contributed by atoms with Gasteiger partial charge in [0.05, 0.1) is 6.04 Å². The Bertz CT molecular complexity index is 335. The second kappa shape index (κ2) is 7.84. The minimum absolute atomic E-state index is 0. The van der Waals surface area contributed by atoms with Crippen LogP contribution < -0.4 is 5.32 Å². The molecule has 20 heavy (non-hydrogen) atoms. The van der Waals surface area contributed by atoms with Gasteiger partial charge in [-0.15, -0.1) is 12.4 Å². The lowest BCUT2D eigenvalue weighted by atomic mass is 10.0. The van der Waals surface area contributed by atoms with Crippen LogP contribution in [0, 0.1) is 5.92 Å². The summed E-state index contributed by atoms with van der Waals surface area (Å²) >= 11 is 0. The van der Waals surface area contributed by atoms with Crippen LogP contribution in [0.25, 0.3) is 0 Å². The summed E-state index contributed by atoms with van der Waals surface area (Å²) in [4.78, 5) is 28.0. The molecule has 1 N–H and O–H groups in total. The summed E-state index contributed by atoms with van der Waals surface area (Å²) in [6.07, 6.45) is 3.25. The molecule has 2 fully saturated rings. The fourth-order valence-electron chi connectivity index (χ4n) is 2.80. The quantitative estimate of drug-likeness (QED) is 0.824. The van der Waals surface area contributed by atoms with Crippen LogP contribution in [0.15, 0.2) is 0 Å². The molecule has 2 aliphatic heterocycles. The van der Waals surface area contributed by atoms with Crippen molar-refractivity contribution in [3.63, 3.8) is 0 Å². The number of amides is 2. The summed E-state index contributed by atoms with van der Waals surface area (Å²) in [6, 6.07) is 0.00102. The van der Waals surface area contributed by atoms with Crippen molar-refractivity contribution in [3.05, 3.63) is 0 Å². The van der Waals surface area contributed by atoms with Crippen molar-refractivity contribution in [1.82, 2.24) is 15.1 Å². The summed E-state index contributed by atoms with van der Waals surface area (Å²) in [6.45, 7) is 7.50. The van der Waals surface area contributed by atoms with Crippen molar-refractivity contribution in [2.45, 2.75) is 39.2 Å². The van der Waals surface area contributed by atoms with Crippen molar-refractivity contribution >= 4 is 24.2 Å². The Morgan fingerprint density at radius 1 is 1.05 bits per heavy atom. The Hall–Kier alpha value is -0.810. The van der Waals surface area contributed by atoms with Gasteiger partial charge in [-0.25, -0.2) is 0 Å². The highest BCUT2D eigenvalue weighted by Crippen LogP contribution is 2.13. The average Bonchev–Trinajstić information content (AvgIpc) is 2.46. The number of hydrogen-bond donors (Lipinski definition) is 1. The summed E-state index contributed by atoms with van der Waals surface area (Å²) in [5.74, 6) is 0.460. The van der Waals surface area contributed by atoms with E-state index < -0.39 is 0 Å². The molecule has 116 valence electrons. The number of hydrogen-bond acceptors (Lipinski definition) is 3. The van der Waals surface area contributed by atoms with E-state index in [9.17, 15) is 9.59 Å². The van der Waals surface area contributed by atoms with Gasteiger partial charge in [0.25, 0.3) is 0 Å². The smallest absolute Gasteiger partial charge is 0.239 e. The number of nitrogens with one attached hydrogen (secondary N) is 1. The average molecular weight is 304 g/mol. The van der Waals surface area contributed by atoms with E-state index in [1.54, 1.807) is 0 Å². The van der Waals surface area contributed by atoms with Crippen LogP contribution in [-0.4, -0.2) is 60.4 Å².